The molecule has 0 heterocycles. The third-order valence-corrected chi connectivity index (χ3v) is 1.88. The van der Waals surface area contributed by atoms with Crippen molar-refractivity contribution in [3.63, 3.8) is 0 Å². The fraction of sp³-hybridized carbons (Fsp3) is 0. The molecule has 0 amide bonds. The van der Waals surface area contributed by atoms with Gasteiger partial charge in [-0.1, -0.05) is 29.7 Å². The van der Waals surface area contributed by atoms with Crippen molar-refractivity contribution < 1.29 is 18.6 Å². The third-order valence-electron chi connectivity index (χ3n) is 1.88. The van der Waals surface area contributed by atoms with Gasteiger partial charge < -0.3 is 0 Å². The Labute approximate surface area is 84.5 Å². The average molecular weight is 192 g/mol. The molecular formula is C11H9V-. The van der Waals surface area contributed by atoms with Crippen LogP contribution < -0.4 is 0 Å². The predicted octanol–water partition coefficient (Wildman–Crippen LogP) is 3.02. The molecule has 0 aliphatic carbocycles. The smallest absolute Gasteiger partial charge is 0 e. The molecule has 0 nitrogen and oxygen atoms in total. The third kappa shape index (κ3) is 1.50. The molecule has 0 N–H and O–H groups in total. The summed E-state index contributed by atoms with van der Waals surface area (Å²) in [6.07, 6.45) is 0. The maximum atomic E-state index is 3.95. The Morgan fingerprint density at radius 3 is 2.25 bits per heavy atom. The van der Waals surface area contributed by atoms with Gasteiger partial charge >= 0.3 is 0 Å². The zero-order valence-electron chi connectivity index (χ0n) is 6.70. The molecule has 1 radical (unpaired) electrons. The maximum Gasteiger partial charge on any atom is 0 e. The summed E-state index contributed by atoms with van der Waals surface area (Å²) < 4.78 is 0. The fourth-order valence-corrected chi connectivity index (χ4v) is 1.29. The molecular weight excluding hydrogens is 183 g/mol. The van der Waals surface area contributed by atoms with E-state index in [4.69, 9.17) is 0 Å². The van der Waals surface area contributed by atoms with Crippen LogP contribution in [0.3, 0.4) is 0 Å². The Balaban J connectivity index is 0.000000720. The topological polar surface area (TPSA) is 0 Å². The SMILES string of the molecule is [CH2-]c1cccc2ccccc12.[V]. The van der Waals surface area contributed by atoms with E-state index in [-0.39, 0.29) is 18.6 Å². The van der Waals surface area contributed by atoms with Crippen LogP contribution in [0.5, 0.6) is 0 Å². The second kappa shape index (κ2) is 3.71. The number of fused-ring (bicyclic) bond motifs is 1. The summed E-state index contributed by atoms with van der Waals surface area (Å²) in [5, 5.41) is 2.51. The van der Waals surface area contributed by atoms with Gasteiger partial charge in [0.1, 0.15) is 0 Å². The number of hydrogen-bond acceptors (Lipinski definition) is 0. The minimum absolute atomic E-state index is 0. The molecule has 0 atom stereocenters. The van der Waals surface area contributed by atoms with E-state index in [2.05, 4.69) is 25.1 Å². The summed E-state index contributed by atoms with van der Waals surface area (Å²) in [6.45, 7) is 3.95. The molecule has 12 heavy (non-hydrogen) atoms. The summed E-state index contributed by atoms with van der Waals surface area (Å²) in [6, 6.07) is 14.4. The van der Waals surface area contributed by atoms with Crippen molar-refractivity contribution in [3.05, 3.63) is 55.0 Å². The molecule has 0 unspecified atom stereocenters. The molecule has 0 aliphatic rings. The van der Waals surface area contributed by atoms with E-state index >= 15 is 0 Å². The maximum absolute atomic E-state index is 3.95. The van der Waals surface area contributed by atoms with Crippen LogP contribution in [0, 0.1) is 6.92 Å². The van der Waals surface area contributed by atoms with Gasteiger partial charge in [-0.25, -0.2) is 0 Å². The molecule has 0 saturated heterocycles. The van der Waals surface area contributed by atoms with Crippen LogP contribution in [-0.2, 0) is 18.6 Å². The minimum Gasteiger partial charge on any atom is -0.198 e. The zero-order chi connectivity index (χ0) is 7.68. The molecule has 2 rings (SSSR count). The van der Waals surface area contributed by atoms with E-state index in [1.807, 2.05) is 24.3 Å². The van der Waals surface area contributed by atoms with E-state index < -0.39 is 0 Å². The van der Waals surface area contributed by atoms with Gasteiger partial charge in [0, 0.05) is 18.6 Å². The zero-order valence-corrected chi connectivity index (χ0v) is 8.09. The van der Waals surface area contributed by atoms with Crippen molar-refractivity contribution >= 4 is 10.8 Å². The van der Waals surface area contributed by atoms with Crippen molar-refractivity contribution in [2.45, 2.75) is 0 Å². The Morgan fingerprint density at radius 1 is 0.833 bits per heavy atom. The van der Waals surface area contributed by atoms with Crippen LogP contribution >= 0.6 is 0 Å². The van der Waals surface area contributed by atoms with Crippen LogP contribution in [0.4, 0.5) is 0 Å². The Morgan fingerprint density at radius 2 is 1.50 bits per heavy atom. The van der Waals surface area contributed by atoms with Crippen molar-refractivity contribution in [1.29, 1.82) is 0 Å². The molecule has 0 aliphatic heterocycles. The first-order valence-electron chi connectivity index (χ1n) is 3.67. The molecule has 1 heteroatoms. The summed E-state index contributed by atoms with van der Waals surface area (Å²) in [4.78, 5) is 0. The van der Waals surface area contributed by atoms with Crippen molar-refractivity contribution in [3.8, 4) is 0 Å². The van der Waals surface area contributed by atoms with E-state index in [1.165, 1.54) is 10.8 Å². The second-order valence-electron chi connectivity index (χ2n) is 2.64. The number of hydrogen-bond donors (Lipinski definition) is 0. The predicted molar refractivity (Wildman–Crippen MR) is 48.4 cm³/mol. The molecule has 0 aromatic heterocycles. The molecule has 0 saturated carbocycles. The molecule has 59 valence electrons. The average Bonchev–Trinajstić information content (AvgIpc) is 2.06. The van der Waals surface area contributed by atoms with E-state index in [9.17, 15) is 0 Å². The van der Waals surface area contributed by atoms with Crippen LogP contribution in [0.1, 0.15) is 5.56 Å². The molecule has 2 aromatic carbocycles. The summed E-state index contributed by atoms with van der Waals surface area (Å²) in [7, 11) is 0. The normalized spacial score (nSPS) is 9.33. The van der Waals surface area contributed by atoms with E-state index in [1.54, 1.807) is 0 Å². The quantitative estimate of drug-likeness (QED) is 0.563. The number of benzene rings is 2. The first-order valence-corrected chi connectivity index (χ1v) is 3.67. The first-order chi connectivity index (χ1) is 5.38. The Bertz CT molecular complexity index is 374. The summed E-state index contributed by atoms with van der Waals surface area (Å²) in [5.74, 6) is 0. The molecule has 2 aromatic rings. The van der Waals surface area contributed by atoms with Gasteiger partial charge in [0.25, 0.3) is 0 Å². The van der Waals surface area contributed by atoms with Crippen LogP contribution in [-0.4, -0.2) is 0 Å². The largest absolute Gasteiger partial charge is 0.198 e. The van der Waals surface area contributed by atoms with E-state index in [0.29, 0.717) is 0 Å². The number of rotatable bonds is 0. The van der Waals surface area contributed by atoms with Crippen LogP contribution in [0.25, 0.3) is 10.8 Å². The first kappa shape index (κ1) is 9.24. The van der Waals surface area contributed by atoms with Gasteiger partial charge in [-0.05, 0) is 0 Å². The van der Waals surface area contributed by atoms with Crippen molar-refractivity contribution in [2.24, 2.45) is 0 Å². The Hall–Kier alpha value is -0.846. The summed E-state index contributed by atoms with van der Waals surface area (Å²) in [5.41, 5.74) is 1.10. The van der Waals surface area contributed by atoms with Gasteiger partial charge in [0.15, 0.2) is 0 Å². The van der Waals surface area contributed by atoms with Crippen LogP contribution in [0.15, 0.2) is 42.5 Å². The van der Waals surface area contributed by atoms with Crippen molar-refractivity contribution in [2.75, 3.05) is 0 Å². The molecule has 0 bridgehead atoms. The van der Waals surface area contributed by atoms with E-state index in [0.717, 1.165) is 5.56 Å². The van der Waals surface area contributed by atoms with Gasteiger partial charge in [0.05, 0.1) is 0 Å². The van der Waals surface area contributed by atoms with Gasteiger partial charge in [-0.2, -0.15) is 18.6 Å². The molecule has 0 spiro atoms. The van der Waals surface area contributed by atoms with Crippen molar-refractivity contribution in [1.82, 2.24) is 0 Å². The molecule has 0 fully saturated rings. The summed E-state index contributed by atoms with van der Waals surface area (Å²) >= 11 is 0. The van der Waals surface area contributed by atoms with Gasteiger partial charge in [-0.3, -0.25) is 0 Å². The second-order valence-corrected chi connectivity index (χ2v) is 2.64. The van der Waals surface area contributed by atoms with Gasteiger partial charge in [0.2, 0.25) is 0 Å². The van der Waals surface area contributed by atoms with Gasteiger partial charge in [-0.15, -0.1) is 17.5 Å². The van der Waals surface area contributed by atoms with Crippen LogP contribution in [0.2, 0.25) is 0 Å². The monoisotopic (exact) mass is 192 g/mol. The Kier molecular flexibility index (Phi) is 2.85. The minimum atomic E-state index is 0. The standard InChI is InChI=1S/C11H9.V/c1-9-5-4-7-10-6-2-3-8-11(9)10;/h2-8H,1H2;/q-1;. The fourth-order valence-electron chi connectivity index (χ4n) is 1.29.